The minimum Gasteiger partial charge on any atom is -0.300 e. The first-order valence-electron chi connectivity index (χ1n) is 9.73. The van der Waals surface area contributed by atoms with Gasteiger partial charge in [0, 0.05) is 18.1 Å². The monoisotopic (exact) mass is 414 g/mol. The molecule has 0 spiro atoms. The summed E-state index contributed by atoms with van der Waals surface area (Å²) in [7, 11) is 1.60. The molecule has 1 aliphatic carbocycles. The van der Waals surface area contributed by atoms with Gasteiger partial charge in [-0.15, -0.1) is 0 Å². The predicted octanol–water partition coefficient (Wildman–Crippen LogP) is 3.42. The van der Waals surface area contributed by atoms with Gasteiger partial charge in [-0.1, -0.05) is 43.0 Å². The number of aromatic amines is 1. The molecular weight excluding hydrogens is 392 g/mol. The van der Waals surface area contributed by atoms with E-state index in [1.165, 1.54) is 11.0 Å². The summed E-state index contributed by atoms with van der Waals surface area (Å²) in [5.41, 5.74) is 4.56. The molecule has 0 unspecified atom stereocenters. The normalized spacial score (nSPS) is 15.8. The van der Waals surface area contributed by atoms with Crippen LogP contribution in [0.4, 0.5) is 5.95 Å². The van der Waals surface area contributed by atoms with E-state index < -0.39 is 11.2 Å². The van der Waals surface area contributed by atoms with Crippen molar-refractivity contribution >= 4 is 34.4 Å². The summed E-state index contributed by atoms with van der Waals surface area (Å²) in [6, 6.07) is 7.54. The van der Waals surface area contributed by atoms with E-state index in [-0.39, 0.29) is 6.04 Å². The van der Waals surface area contributed by atoms with Gasteiger partial charge in [0.1, 0.15) is 0 Å². The number of rotatable bonds is 4. The van der Waals surface area contributed by atoms with Gasteiger partial charge in [0.2, 0.25) is 5.95 Å². The van der Waals surface area contributed by atoms with Gasteiger partial charge in [-0.3, -0.25) is 18.9 Å². The molecule has 8 nitrogen and oxygen atoms in total. The molecule has 3 aromatic rings. The summed E-state index contributed by atoms with van der Waals surface area (Å²) < 4.78 is 3.27. The smallest absolute Gasteiger partial charge is 0.300 e. The van der Waals surface area contributed by atoms with E-state index in [1.807, 2.05) is 35.8 Å². The summed E-state index contributed by atoms with van der Waals surface area (Å²) in [5.74, 6) is 0.465. The Kier molecular flexibility index (Phi) is 5.27. The van der Waals surface area contributed by atoms with Gasteiger partial charge in [-0.25, -0.2) is 10.2 Å². The predicted molar refractivity (Wildman–Crippen MR) is 115 cm³/mol. The fraction of sp³-hybridized carbons (Fsp3) is 0.400. The molecule has 1 aliphatic rings. The number of aromatic nitrogens is 4. The second-order valence-electron chi connectivity index (χ2n) is 7.40. The van der Waals surface area contributed by atoms with Crippen molar-refractivity contribution in [2.75, 3.05) is 5.43 Å². The molecule has 0 radical (unpaired) electrons. The van der Waals surface area contributed by atoms with Crippen LogP contribution in [0.1, 0.15) is 50.6 Å². The molecule has 2 aromatic heterocycles. The average Bonchev–Trinajstić information content (AvgIpc) is 3.12. The molecule has 0 saturated heterocycles. The molecule has 0 amide bonds. The summed E-state index contributed by atoms with van der Waals surface area (Å²) >= 11 is 5.95. The Hall–Kier alpha value is -2.87. The fourth-order valence-corrected chi connectivity index (χ4v) is 3.99. The second-order valence-corrected chi connectivity index (χ2v) is 7.84. The lowest BCUT2D eigenvalue weighted by Crippen LogP contribution is -2.30. The number of nitrogens with zero attached hydrogens (tertiary/aromatic N) is 4. The zero-order valence-electron chi connectivity index (χ0n) is 16.4. The number of hydrogen-bond donors (Lipinski definition) is 2. The molecule has 29 heavy (non-hydrogen) atoms. The molecule has 0 bridgehead atoms. The molecule has 152 valence electrons. The zero-order valence-corrected chi connectivity index (χ0v) is 17.2. The molecule has 1 fully saturated rings. The van der Waals surface area contributed by atoms with Gasteiger partial charge in [0.05, 0.1) is 5.71 Å². The first-order chi connectivity index (χ1) is 14.0. The molecule has 4 rings (SSSR count). The average molecular weight is 415 g/mol. The third-order valence-corrected chi connectivity index (χ3v) is 5.73. The molecule has 2 heterocycles. The largest absolute Gasteiger partial charge is 0.329 e. The van der Waals surface area contributed by atoms with Crippen LogP contribution >= 0.6 is 11.6 Å². The van der Waals surface area contributed by atoms with Crippen molar-refractivity contribution in [2.45, 2.75) is 45.1 Å². The Morgan fingerprint density at radius 3 is 2.59 bits per heavy atom. The van der Waals surface area contributed by atoms with E-state index >= 15 is 0 Å². The van der Waals surface area contributed by atoms with Crippen molar-refractivity contribution in [2.24, 2.45) is 12.1 Å². The number of hydrogen-bond acceptors (Lipinski definition) is 5. The Morgan fingerprint density at radius 2 is 1.90 bits per heavy atom. The quantitative estimate of drug-likeness (QED) is 0.505. The van der Waals surface area contributed by atoms with Gasteiger partial charge >= 0.3 is 5.69 Å². The maximum absolute atomic E-state index is 12.6. The Balaban J connectivity index is 1.80. The molecule has 1 saturated carbocycles. The number of hydrazone groups is 1. The van der Waals surface area contributed by atoms with Gasteiger partial charge in [0.25, 0.3) is 5.56 Å². The van der Waals surface area contributed by atoms with E-state index in [2.05, 4.69) is 20.5 Å². The first-order valence-corrected chi connectivity index (χ1v) is 10.1. The lowest BCUT2D eigenvalue weighted by atomic mass is 9.95. The zero-order chi connectivity index (χ0) is 20.5. The highest BCUT2D eigenvalue weighted by Gasteiger charge is 2.24. The van der Waals surface area contributed by atoms with Gasteiger partial charge in [0.15, 0.2) is 11.2 Å². The van der Waals surface area contributed by atoms with Crippen LogP contribution in [-0.4, -0.2) is 24.8 Å². The lowest BCUT2D eigenvalue weighted by molar-refractivity contribution is 0.362. The van der Waals surface area contributed by atoms with Crippen LogP contribution in [-0.2, 0) is 7.05 Å². The Morgan fingerprint density at radius 1 is 1.21 bits per heavy atom. The highest BCUT2D eigenvalue weighted by Crippen LogP contribution is 2.33. The van der Waals surface area contributed by atoms with Crippen molar-refractivity contribution in [1.82, 2.24) is 19.1 Å². The maximum Gasteiger partial charge on any atom is 0.329 e. The SMILES string of the molecule is C/C(=N/Nc1nc2c(c(=O)[nH]c(=O)n2C)n1C1CCCCC1)c1ccc(Cl)cc1. The van der Waals surface area contributed by atoms with Crippen LogP contribution in [0.25, 0.3) is 11.2 Å². The summed E-state index contributed by atoms with van der Waals surface area (Å²) in [6.07, 6.45) is 5.31. The van der Waals surface area contributed by atoms with Gasteiger partial charge < -0.3 is 0 Å². The first kappa shape index (κ1) is 19.4. The number of aryl methyl sites for hydroxylation is 1. The summed E-state index contributed by atoms with van der Waals surface area (Å²) in [4.78, 5) is 31.6. The maximum atomic E-state index is 12.6. The number of H-pyrrole nitrogens is 1. The molecule has 0 atom stereocenters. The van der Waals surface area contributed by atoms with Crippen LogP contribution in [0.3, 0.4) is 0 Å². The van der Waals surface area contributed by atoms with Gasteiger partial charge in [-0.05, 0) is 37.5 Å². The topological polar surface area (TPSA) is 97.1 Å². The summed E-state index contributed by atoms with van der Waals surface area (Å²) in [6.45, 7) is 1.88. The number of nitrogens with one attached hydrogen (secondary N) is 2. The molecule has 0 aliphatic heterocycles. The number of anilines is 1. The molecule has 2 N–H and O–H groups in total. The molecular formula is C20H23ClN6O2. The van der Waals surface area contributed by atoms with E-state index in [4.69, 9.17) is 11.6 Å². The van der Waals surface area contributed by atoms with Crippen molar-refractivity contribution in [3.63, 3.8) is 0 Å². The van der Waals surface area contributed by atoms with Crippen molar-refractivity contribution in [1.29, 1.82) is 0 Å². The number of benzene rings is 1. The third-order valence-electron chi connectivity index (χ3n) is 5.48. The van der Waals surface area contributed by atoms with E-state index in [1.54, 1.807) is 7.05 Å². The standard InChI is InChI=1S/C20H23ClN6O2/c1-12(13-8-10-14(21)11-9-13)24-25-19-22-17-16(18(28)23-20(29)26(17)2)27(19)15-6-4-3-5-7-15/h8-11,15H,3-7H2,1-2H3,(H,22,25)(H,23,28,29)/b24-12-. The highest BCUT2D eigenvalue weighted by atomic mass is 35.5. The Bertz CT molecular complexity index is 1180. The number of fused-ring (bicyclic) bond motifs is 1. The van der Waals surface area contributed by atoms with Crippen molar-refractivity contribution in [3.05, 3.63) is 55.7 Å². The van der Waals surface area contributed by atoms with Gasteiger partial charge in [-0.2, -0.15) is 10.1 Å². The van der Waals surface area contributed by atoms with Crippen LogP contribution in [0.15, 0.2) is 39.0 Å². The van der Waals surface area contributed by atoms with E-state index in [0.717, 1.165) is 37.0 Å². The molecule has 1 aromatic carbocycles. The second kappa shape index (κ2) is 7.87. The molecule has 9 heteroatoms. The number of halogens is 1. The highest BCUT2D eigenvalue weighted by molar-refractivity contribution is 6.30. The lowest BCUT2D eigenvalue weighted by Gasteiger charge is -2.24. The minimum absolute atomic E-state index is 0.140. The minimum atomic E-state index is -0.483. The van der Waals surface area contributed by atoms with Crippen molar-refractivity contribution in [3.8, 4) is 0 Å². The van der Waals surface area contributed by atoms with Crippen LogP contribution in [0, 0.1) is 0 Å². The van der Waals surface area contributed by atoms with Crippen molar-refractivity contribution < 1.29 is 0 Å². The van der Waals surface area contributed by atoms with Crippen LogP contribution < -0.4 is 16.7 Å². The Labute approximate surface area is 172 Å². The van der Waals surface area contributed by atoms with E-state index in [9.17, 15) is 9.59 Å². The number of imidazole rings is 1. The summed E-state index contributed by atoms with van der Waals surface area (Å²) in [5, 5.41) is 5.13. The third kappa shape index (κ3) is 3.72. The van der Waals surface area contributed by atoms with Crippen LogP contribution in [0.5, 0.6) is 0 Å². The fourth-order valence-electron chi connectivity index (χ4n) is 3.87. The van der Waals surface area contributed by atoms with Crippen LogP contribution in [0.2, 0.25) is 5.02 Å². The van der Waals surface area contributed by atoms with E-state index in [0.29, 0.717) is 22.1 Å².